The Balaban J connectivity index is 1.36. The van der Waals surface area contributed by atoms with Crippen molar-refractivity contribution in [2.45, 2.75) is 62.6 Å². The topological polar surface area (TPSA) is 108 Å². The number of likely N-dealkylation sites (tertiary alicyclic amines) is 1. The average Bonchev–Trinajstić information content (AvgIpc) is 3.39. The highest BCUT2D eigenvalue weighted by molar-refractivity contribution is 5.87. The molecule has 2 fully saturated rings. The summed E-state index contributed by atoms with van der Waals surface area (Å²) in [5, 5.41) is 0. The maximum absolute atomic E-state index is 13.0. The first-order chi connectivity index (χ1) is 19.9. The van der Waals surface area contributed by atoms with E-state index in [0.29, 0.717) is 56.6 Å². The molecule has 1 amide bonds. The van der Waals surface area contributed by atoms with Gasteiger partial charge in [0.1, 0.15) is 24.1 Å². The number of hydrogen-bond donors (Lipinski definition) is 1. The van der Waals surface area contributed by atoms with Gasteiger partial charge in [0.25, 0.3) is 5.56 Å². The lowest BCUT2D eigenvalue weighted by Gasteiger charge is -2.43. The zero-order valence-electron chi connectivity index (χ0n) is 23.6. The number of aromatic nitrogens is 3. The molecule has 2 aromatic heterocycles. The molecule has 41 heavy (non-hydrogen) atoms. The number of H-pyrrole nitrogens is 1. The highest BCUT2D eigenvalue weighted by Crippen LogP contribution is 2.47. The van der Waals surface area contributed by atoms with Crippen LogP contribution in [0.4, 0.5) is 5.82 Å². The number of piperazine rings is 1. The van der Waals surface area contributed by atoms with E-state index in [1.54, 1.807) is 11.1 Å². The molecule has 6 rings (SSSR count). The molecular formula is C30H37N7O4. The number of anilines is 1. The number of fused-ring (bicyclic) bond motifs is 3. The summed E-state index contributed by atoms with van der Waals surface area (Å²) in [7, 11) is 2.10. The van der Waals surface area contributed by atoms with Crippen molar-refractivity contribution in [1.82, 2.24) is 24.8 Å². The molecule has 11 nitrogen and oxygen atoms in total. The lowest BCUT2D eigenvalue weighted by molar-refractivity contribution is -0.128. The van der Waals surface area contributed by atoms with Crippen molar-refractivity contribution < 1.29 is 14.3 Å². The fraction of sp³-hybridized carbons (Fsp3) is 0.567. The van der Waals surface area contributed by atoms with Gasteiger partial charge in [0.15, 0.2) is 0 Å². The molecule has 0 radical (unpaired) electrons. The third-order valence-electron chi connectivity index (χ3n) is 9.15. The number of hydrogen-bond acceptors (Lipinski definition) is 8. The van der Waals surface area contributed by atoms with E-state index in [2.05, 4.69) is 33.3 Å². The van der Waals surface area contributed by atoms with E-state index in [4.69, 9.17) is 26.0 Å². The smallest absolute Gasteiger partial charge is 0.321 e. The lowest BCUT2D eigenvalue weighted by Crippen LogP contribution is -2.56. The van der Waals surface area contributed by atoms with Crippen LogP contribution >= 0.6 is 0 Å². The fourth-order valence-corrected chi connectivity index (χ4v) is 6.97. The van der Waals surface area contributed by atoms with Gasteiger partial charge in [-0.15, -0.1) is 0 Å². The number of carbonyl (C=O) groups excluding carboxylic acids is 1. The van der Waals surface area contributed by atoms with Crippen molar-refractivity contribution in [3.63, 3.8) is 0 Å². The molecule has 0 aromatic carbocycles. The minimum Gasteiger partial charge on any atom is -0.466 e. The minimum absolute atomic E-state index is 0.106. The molecule has 2 saturated heterocycles. The van der Waals surface area contributed by atoms with Gasteiger partial charge in [0.05, 0.1) is 11.1 Å². The second-order valence-corrected chi connectivity index (χ2v) is 11.5. The first-order valence-electron chi connectivity index (χ1n) is 14.6. The molecule has 3 atom stereocenters. The SMILES string of the molecule is [C-]#[N+]C[C@H]1CN(c2nc(OC[C@@H]3CCCN3C)nc3c2CCC2(CCCc4cc[nH]c(=O)c42)O3)CCN1C(=O)C=C. The second-order valence-electron chi connectivity index (χ2n) is 11.5. The van der Waals surface area contributed by atoms with Gasteiger partial charge < -0.3 is 34.0 Å². The zero-order valence-corrected chi connectivity index (χ0v) is 23.6. The third kappa shape index (κ3) is 5.05. The van der Waals surface area contributed by atoms with Crippen LogP contribution < -0.4 is 19.9 Å². The summed E-state index contributed by atoms with van der Waals surface area (Å²) >= 11 is 0. The van der Waals surface area contributed by atoms with E-state index in [9.17, 15) is 9.59 Å². The summed E-state index contributed by atoms with van der Waals surface area (Å²) in [6.45, 7) is 14.3. The Morgan fingerprint density at radius 2 is 2.15 bits per heavy atom. The summed E-state index contributed by atoms with van der Waals surface area (Å²) in [6.07, 6.45) is 9.02. The highest BCUT2D eigenvalue weighted by atomic mass is 16.5. The van der Waals surface area contributed by atoms with Crippen LogP contribution in [0.25, 0.3) is 4.85 Å². The summed E-state index contributed by atoms with van der Waals surface area (Å²) in [6, 6.07) is 2.25. The number of amides is 1. The van der Waals surface area contributed by atoms with E-state index in [1.807, 2.05) is 6.07 Å². The standard InChI is InChI=1S/C30H37N7O4/c1-4-24(38)37-16-15-36(18-22(37)17-31-2)26-23-9-12-30(11-5-7-20-10-13-32-27(39)25(20)30)41-28(23)34-29(33-26)40-19-21-8-6-14-35(21)3/h4,10,13,21-22H,1,5-9,11-12,14-19H2,3H3,(H,32,39)/t21-,22-,30?/m0/s1. The fourth-order valence-electron chi connectivity index (χ4n) is 6.97. The normalized spacial score (nSPS) is 25.7. The van der Waals surface area contributed by atoms with Crippen LogP contribution in [-0.2, 0) is 23.2 Å². The molecule has 3 aliphatic heterocycles. The molecule has 2 aromatic rings. The Morgan fingerprint density at radius 1 is 1.27 bits per heavy atom. The van der Waals surface area contributed by atoms with E-state index in [1.165, 1.54) is 6.08 Å². The number of likely N-dealkylation sites (N-methyl/N-ethyl adjacent to an activating group) is 1. The zero-order chi connectivity index (χ0) is 28.6. The molecule has 1 spiro atoms. The van der Waals surface area contributed by atoms with Crippen molar-refractivity contribution in [3.8, 4) is 11.9 Å². The van der Waals surface area contributed by atoms with Crippen LogP contribution in [-0.4, -0.2) is 89.1 Å². The van der Waals surface area contributed by atoms with Crippen molar-refractivity contribution in [2.75, 3.05) is 51.3 Å². The van der Waals surface area contributed by atoms with E-state index < -0.39 is 5.60 Å². The van der Waals surface area contributed by atoms with Gasteiger partial charge in [0, 0.05) is 31.9 Å². The number of nitrogens with zero attached hydrogens (tertiary/aromatic N) is 6. The van der Waals surface area contributed by atoms with Gasteiger partial charge in [-0.3, -0.25) is 9.59 Å². The number of ether oxygens (including phenoxy) is 2. The van der Waals surface area contributed by atoms with Crippen LogP contribution in [0.5, 0.6) is 11.9 Å². The number of carbonyl (C=O) groups is 1. The Bertz CT molecular complexity index is 1430. The highest BCUT2D eigenvalue weighted by Gasteiger charge is 2.46. The number of aryl methyl sites for hydroxylation is 1. The third-order valence-corrected chi connectivity index (χ3v) is 9.15. The van der Waals surface area contributed by atoms with E-state index in [0.717, 1.165) is 55.6 Å². The van der Waals surface area contributed by atoms with Crippen molar-refractivity contribution >= 4 is 11.7 Å². The summed E-state index contributed by atoms with van der Waals surface area (Å²) in [5.74, 6) is 1.01. The molecule has 0 bridgehead atoms. The number of rotatable bonds is 6. The van der Waals surface area contributed by atoms with Gasteiger partial charge in [-0.2, -0.15) is 9.97 Å². The number of pyridine rings is 1. The first kappa shape index (κ1) is 27.3. The predicted octanol–water partition coefficient (Wildman–Crippen LogP) is 2.32. The molecule has 4 aliphatic rings. The Kier molecular flexibility index (Phi) is 7.43. The maximum Gasteiger partial charge on any atom is 0.321 e. The molecule has 216 valence electrons. The average molecular weight is 560 g/mol. The Labute approximate surface area is 240 Å². The van der Waals surface area contributed by atoms with Crippen LogP contribution in [0.1, 0.15) is 48.8 Å². The maximum atomic E-state index is 13.0. The molecular weight excluding hydrogens is 522 g/mol. The van der Waals surface area contributed by atoms with Gasteiger partial charge in [-0.05, 0) is 76.2 Å². The van der Waals surface area contributed by atoms with Gasteiger partial charge in [0.2, 0.25) is 18.3 Å². The van der Waals surface area contributed by atoms with Crippen LogP contribution in [0.15, 0.2) is 29.7 Å². The predicted molar refractivity (Wildman–Crippen MR) is 153 cm³/mol. The van der Waals surface area contributed by atoms with Gasteiger partial charge >= 0.3 is 6.01 Å². The lowest BCUT2D eigenvalue weighted by atomic mass is 9.75. The largest absolute Gasteiger partial charge is 0.466 e. The molecule has 5 heterocycles. The summed E-state index contributed by atoms with van der Waals surface area (Å²) < 4.78 is 13.0. The first-order valence-corrected chi connectivity index (χ1v) is 14.6. The number of aromatic amines is 1. The quantitative estimate of drug-likeness (QED) is 0.425. The Morgan fingerprint density at radius 3 is 2.93 bits per heavy atom. The molecule has 1 N–H and O–H groups in total. The van der Waals surface area contributed by atoms with Crippen molar-refractivity contribution in [1.29, 1.82) is 0 Å². The molecule has 0 saturated carbocycles. The van der Waals surface area contributed by atoms with Crippen LogP contribution in [0.2, 0.25) is 0 Å². The van der Waals surface area contributed by atoms with Crippen LogP contribution in [0.3, 0.4) is 0 Å². The van der Waals surface area contributed by atoms with E-state index in [-0.39, 0.29) is 30.1 Å². The van der Waals surface area contributed by atoms with Gasteiger partial charge in [-0.25, -0.2) is 6.57 Å². The number of nitrogens with one attached hydrogen (secondary N) is 1. The monoisotopic (exact) mass is 559 g/mol. The van der Waals surface area contributed by atoms with Crippen molar-refractivity contribution in [2.24, 2.45) is 0 Å². The Hall–Kier alpha value is -3.91. The summed E-state index contributed by atoms with van der Waals surface area (Å²) in [4.78, 5) is 47.8. The molecule has 1 aliphatic carbocycles. The van der Waals surface area contributed by atoms with E-state index >= 15 is 0 Å². The minimum atomic E-state index is -0.744. The molecule has 1 unspecified atom stereocenters. The van der Waals surface area contributed by atoms with Crippen molar-refractivity contribution in [3.05, 3.63) is 63.4 Å². The molecule has 11 heteroatoms. The summed E-state index contributed by atoms with van der Waals surface area (Å²) in [5.41, 5.74) is 1.77. The van der Waals surface area contributed by atoms with Crippen LogP contribution in [0, 0.1) is 6.57 Å². The van der Waals surface area contributed by atoms with Gasteiger partial charge in [-0.1, -0.05) is 6.58 Å². The second kappa shape index (κ2) is 11.2.